The van der Waals surface area contributed by atoms with Gasteiger partial charge in [0.2, 0.25) is 17.0 Å². The number of aromatic amines is 1. The van der Waals surface area contributed by atoms with Gasteiger partial charge in [0.25, 0.3) is 5.56 Å². The van der Waals surface area contributed by atoms with Crippen LogP contribution in [0.2, 0.25) is 0 Å². The van der Waals surface area contributed by atoms with E-state index in [0.29, 0.717) is 31.0 Å². The lowest BCUT2D eigenvalue weighted by atomic mass is 9.49. The molecule has 3 aliphatic heterocycles. The maximum Gasteiger partial charge on any atom is 0.495 e. The second kappa shape index (κ2) is 27.7. The first kappa shape index (κ1) is 62.9. The largest absolute Gasteiger partial charge is 0.495 e. The second-order valence-corrected chi connectivity index (χ2v) is 22.3. The number of pyridine rings is 4. The zero-order chi connectivity index (χ0) is 52.6. The summed E-state index contributed by atoms with van der Waals surface area (Å²) in [6.45, 7) is 25.0. The number of rotatable bonds is 8. The van der Waals surface area contributed by atoms with Gasteiger partial charge in [0.05, 0.1) is 60.5 Å². The number of hydrogen-bond donors (Lipinski definition) is 4. The first-order chi connectivity index (χ1) is 31.9. The average Bonchev–Trinajstić information content (AvgIpc) is 3.73. The number of ether oxygens (including phenoxy) is 1. The van der Waals surface area contributed by atoms with Gasteiger partial charge in [-0.3, -0.25) is 14.4 Å². The molecule has 0 atom stereocenters. The number of aromatic nitrogens is 4. The van der Waals surface area contributed by atoms with Gasteiger partial charge in [-0.05, 0) is 113 Å². The molecule has 0 saturated carbocycles. The molecule has 7 heterocycles. The molecule has 4 aromatic heterocycles. The van der Waals surface area contributed by atoms with Crippen LogP contribution in [0, 0.1) is 0 Å². The van der Waals surface area contributed by atoms with Crippen LogP contribution in [0.5, 0.6) is 5.88 Å². The summed E-state index contributed by atoms with van der Waals surface area (Å²) in [5.41, 5.74) is -1.92. The lowest BCUT2D eigenvalue weighted by Crippen LogP contribution is -2.41. The fourth-order valence-corrected chi connectivity index (χ4v) is 6.60. The van der Waals surface area contributed by atoms with Gasteiger partial charge < -0.3 is 62.1 Å². The lowest BCUT2D eigenvalue weighted by molar-refractivity contribution is 0.00578. The first-order valence-electron chi connectivity index (χ1n) is 21.9. The predicted molar refractivity (Wildman–Crippen MR) is 290 cm³/mol. The van der Waals surface area contributed by atoms with Crippen molar-refractivity contribution >= 4 is 97.0 Å². The molecule has 3 aliphatic rings. The van der Waals surface area contributed by atoms with E-state index >= 15 is 0 Å². The SMILES string of the molecule is CC1(C)OB(B2OC(C)(C)C(C)(C)O2)OC1(C)C.CC1(C)OB(c2ccn(CCO)c(=O)c2)OC1(C)C.COc1cc(Br)ccn1.O=c1cc(Br)cc[nH]1.O=c1cc(Br)ccn1CCO.OCCI. The Kier molecular flexibility index (Phi) is 25.3. The number of nitrogens with zero attached hydrogens (tertiary/aromatic N) is 3. The first-order valence-corrected chi connectivity index (χ1v) is 25.8. The molecular weight excluding hydrogens is 1200 g/mol. The predicted octanol–water partition coefficient (Wildman–Crippen LogP) is 6.40. The number of nitrogens with one attached hydrogen (secondary N) is 1. The topological polar surface area (TPSA) is 215 Å². The van der Waals surface area contributed by atoms with E-state index in [9.17, 15) is 14.4 Å². The van der Waals surface area contributed by atoms with E-state index in [1.54, 1.807) is 56.2 Å². The minimum absolute atomic E-state index is 0.0124. The zero-order valence-electron chi connectivity index (χ0n) is 41.7. The van der Waals surface area contributed by atoms with Crippen LogP contribution in [0.15, 0.2) is 101 Å². The minimum Gasteiger partial charge on any atom is -0.481 e. The Balaban J connectivity index is 0.000000301. The minimum atomic E-state index is -0.526. The van der Waals surface area contributed by atoms with E-state index in [1.807, 2.05) is 89.2 Å². The Labute approximate surface area is 445 Å². The normalized spacial score (nSPS) is 18.3. The molecule has 0 radical (unpaired) electrons. The third-order valence-electron chi connectivity index (χ3n) is 11.7. The third kappa shape index (κ3) is 19.3. The summed E-state index contributed by atoms with van der Waals surface area (Å²) >= 11 is 11.7. The van der Waals surface area contributed by atoms with Crippen molar-refractivity contribution in [2.24, 2.45) is 0 Å². The molecule has 0 aliphatic carbocycles. The van der Waals surface area contributed by atoms with Gasteiger partial charge >= 0.3 is 21.1 Å². The van der Waals surface area contributed by atoms with Crippen LogP contribution in [0.4, 0.5) is 0 Å². The van der Waals surface area contributed by atoms with Crippen molar-refractivity contribution in [2.75, 3.05) is 31.4 Å². The highest BCUT2D eigenvalue weighted by molar-refractivity contribution is 14.1. The van der Waals surface area contributed by atoms with Gasteiger partial charge in [-0.15, -0.1) is 0 Å². The van der Waals surface area contributed by atoms with Gasteiger partial charge in [0.1, 0.15) is 0 Å². The van der Waals surface area contributed by atoms with E-state index in [0.717, 1.165) is 17.8 Å². The van der Waals surface area contributed by atoms with E-state index in [1.165, 1.54) is 27.3 Å². The molecule has 7 rings (SSSR count). The van der Waals surface area contributed by atoms with E-state index < -0.39 is 32.3 Å². The molecule has 3 saturated heterocycles. The summed E-state index contributed by atoms with van der Waals surface area (Å²) in [6, 6.07) is 13.4. The van der Waals surface area contributed by atoms with Crippen LogP contribution in [-0.4, -0.2) is 121 Å². The highest BCUT2D eigenvalue weighted by Gasteiger charge is 2.63. The molecule has 0 amide bonds. The summed E-state index contributed by atoms with van der Waals surface area (Å²) in [5.74, 6) is 0.629. The Morgan fingerprint density at radius 3 is 1.35 bits per heavy atom. The molecule has 0 spiro atoms. The lowest BCUT2D eigenvalue weighted by Gasteiger charge is -2.32. The van der Waals surface area contributed by atoms with Crippen LogP contribution < -0.4 is 26.9 Å². The molecule has 4 aromatic rings. The fraction of sp³-hybridized carbons (Fsp3) is 0.556. The number of halogens is 4. The summed E-state index contributed by atoms with van der Waals surface area (Å²) < 4.78 is 46.8. The zero-order valence-corrected chi connectivity index (χ0v) is 48.6. The Hall–Kier alpha value is -2.20. The summed E-state index contributed by atoms with van der Waals surface area (Å²) in [4.78, 5) is 39.7. The van der Waals surface area contributed by atoms with Crippen molar-refractivity contribution in [1.29, 1.82) is 0 Å². The van der Waals surface area contributed by atoms with Crippen LogP contribution in [0.3, 0.4) is 0 Å². The van der Waals surface area contributed by atoms with Crippen LogP contribution in [0.1, 0.15) is 83.1 Å². The van der Waals surface area contributed by atoms with Crippen molar-refractivity contribution in [2.45, 2.75) is 130 Å². The molecule has 17 nitrogen and oxygen atoms in total. The Morgan fingerprint density at radius 1 is 0.609 bits per heavy atom. The van der Waals surface area contributed by atoms with Crippen LogP contribution >= 0.6 is 70.4 Å². The number of alkyl halides is 1. The van der Waals surface area contributed by atoms with Crippen molar-refractivity contribution in [3.63, 3.8) is 0 Å². The highest BCUT2D eigenvalue weighted by Crippen LogP contribution is 2.43. The summed E-state index contributed by atoms with van der Waals surface area (Å²) in [6.07, 6.45) is 6.57. The number of hydrogen-bond acceptors (Lipinski definition) is 14. The quantitative estimate of drug-likeness (QED) is 0.0855. The smallest absolute Gasteiger partial charge is 0.481 e. The molecule has 4 N–H and O–H groups in total. The molecule has 0 bridgehead atoms. The average molecular weight is 1270 g/mol. The van der Waals surface area contributed by atoms with Crippen molar-refractivity contribution in [1.82, 2.24) is 19.1 Å². The number of H-pyrrole nitrogens is 1. The number of methoxy groups -OCH3 is 1. The van der Waals surface area contributed by atoms with Gasteiger partial charge in [-0.2, -0.15) is 0 Å². The van der Waals surface area contributed by atoms with Crippen molar-refractivity contribution in [3.05, 3.63) is 118 Å². The van der Waals surface area contributed by atoms with Crippen LogP contribution in [-0.2, 0) is 41.0 Å². The number of aliphatic hydroxyl groups excluding tert-OH is 3. The van der Waals surface area contributed by atoms with Crippen molar-refractivity contribution in [3.8, 4) is 5.88 Å². The van der Waals surface area contributed by atoms with Gasteiger partial charge in [-0.25, -0.2) is 4.98 Å². The molecule has 0 aromatic carbocycles. The van der Waals surface area contributed by atoms with Gasteiger partial charge in [0.15, 0.2) is 0 Å². The van der Waals surface area contributed by atoms with Gasteiger partial charge in [0, 0.05) is 80.0 Å². The molecule has 24 heteroatoms. The fourth-order valence-electron chi connectivity index (χ4n) is 5.63. The summed E-state index contributed by atoms with van der Waals surface area (Å²) in [5, 5.41) is 25.3. The molecule has 3 fully saturated rings. The number of aliphatic hydroxyl groups is 3. The molecular formula is C45H67B3Br3IN4O13. The maximum absolute atomic E-state index is 11.9. The standard InChI is InChI=1S/C13H20BNO4.C12H24B2O4.C7H8BrNO2.C6H6BrNO.C5H4BrNO.C2H5IO/c1-12(2)13(3,4)19-14(18-12)10-5-6-15(7-8-16)11(17)9-10;1-9(2)10(3,4)16-13(15-9)14-17-11(5,6)12(7,8)18-14;8-6-1-2-9(3-4-10)7(11)5-6;1-9-6-4-5(7)2-3-8-6;6-4-1-2-7-5(8)3-4;3-1-2-4/h5-6,9,16H,7-8H2,1-4H3;1-8H3;1-2,5,10H,3-4H2;2-4H,1H3;1-3H,(H,7,8);4H,1-2H2. The van der Waals surface area contributed by atoms with E-state index in [2.05, 4.69) is 80.3 Å². The molecule has 382 valence electrons. The Morgan fingerprint density at radius 2 is 1.01 bits per heavy atom. The van der Waals surface area contributed by atoms with E-state index in [4.69, 9.17) is 48.0 Å². The third-order valence-corrected chi connectivity index (χ3v) is 13.6. The molecule has 0 unspecified atom stereocenters. The maximum atomic E-state index is 11.9. The monoisotopic (exact) mass is 1270 g/mol. The van der Waals surface area contributed by atoms with E-state index in [-0.39, 0.29) is 52.3 Å². The Bertz CT molecular complexity index is 2310. The summed E-state index contributed by atoms with van der Waals surface area (Å²) in [7, 11) is 0.114. The van der Waals surface area contributed by atoms with Gasteiger partial charge in [-0.1, -0.05) is 70.4 Å². The van der Waals surface area contributed by atoms with Crippen molar-refractivity contribution < 1.29 is 48.0 Å². The highest BCUT2D eigenvalue weighted by atomic mass is 127. The molecule has 69 heavy (non-hydrogen) atoms. The second-order valence-electron chi connectivity index (χ2n) is 18.5. The van der Waals surface area contributed by atoms with Crippen LogP contribution in [0.25, 0.3) is 0 Å².